The van der Waals surface area contributed by atoms with Gasteiger partial charge in [0.25, 0.3) is 0 Å². The van der Waals surface area contributed by atoms with Crippen LogP contribution in [0.2, 0.25) is 0 Å². The van der Waals surface area contributed by atoms with E-state index in [1.807, 2.05) is 0 Å². The van der Waals surface area contributed by atoms with Crippen LogP contribution >= 0.6 is 0 Å². The predicted molar refractivity (Wildman–Crippen MR) is 70.2 cm³/mol. The van der Waals surface area contributed by atoms with Crippen molar-refractivity contribution < 1.29 is 14.3 Å². The van der Waals surface area contributed by atoms with Crippen LogP contribution in [0.3, 0.4) is 0 Å². The molecule has 1 aromatic rings. The number of nitrogens with zero attached hydrogens (tertiary/aromatic N) is 1. The number of pyridine rings is 1. The minimum atomic E-state index is -0.755. The van der Waals surface area contributed by atoms with Gasteiger partial charge in [-0.1, -0.05) is 26.2 Å². The molecule has 19 heavy (non-hydrogen) atoms. The van der Waals surface area contributed by atoms with Gasteiger partial charge in [-0.05, 0) is 36.8 Å². The summed E-state index contributed by atoms with van der Waals surface area (Å²) < 4.78 is 13.2. The molecule has 2 atom stereocenters. The molecule has 1 aliphatic rings. The van der Waals surface area contributed by atoms with Crippen molar-refractivity contribution in [3.63, 3.8) is 0 Å². The second kappa shape index (κ2) is 5.68. The number of hydrogen-bond acceptors (Lipinski definition) is 2. The molecule has 3 nitrogen and oxygen atoms in total. The number of halogens is 1. The lowest BCUT2D eigenvalue weighted by atomic mass is 9.66. The van der Waals surface area contributed by atoms with Gasteiger partial charge in [-0.25, -0.2) is 4.39 Å². The van der Waals surface area contributed by atoms with Crippen LogP contribution in [0.25, 0.3) is 0 Å². The predicted octanol–water partition coefficient (Wildman–Crippen LogP) is 3.43. The zero-order valence-corrected chi connectivity index (χ0v) is 11.2. The number of carboxylic acids is 1. The van der Waals surface area contributed by atoms with Gasteiger partial charge in [0.15, 0.2) is 0 Å². The Hall–Kier alpha value is -1.45. The minimum Gasteiger partial charge on any atom is -0.481 e. The van der Waals surface area contributed by atoms with Crippen molar-refractivity contribution in [2.75, 3.05) is 0 Å². The van der Waals surface area contributed by atoms with Crippen molar-refractivity contribution in [3.05, 3.63) is 29.8 Å². The first kappa shape index (κ1) is 14.0. The maximum absolute atomic E-state index is 13.2. The summed E-state index contributed by atoms with van der Waals surface area (Å²) >= 11 is 0. The molecule has 0 amide bonds. The van der Waals surface area contributed by atoms with Gasteiger partial charge in [0.1, 0.15) is 5.82 Å². The standard InChI is InChI=1S/C15H20FNO2/c1-2-11-4-3-5-15(7-11,14(18)19)8-12-6-13(16)10-17-9-12/h6,9-11H,2-5,7-8H2,1H3,(H,18,19). The Morgan fingerprint density at radius 1 is 1.58 bits per heavy atom. The van der Waals surface area contributed by atoms with E-state index in [4.69, 9.17) is 0 Å². The Bertz CT molecular complexity index is 463. The molecule has 104 valence electrons. The molecule has 2 rings (SSSR count). The summed E-state index contributed by atoms with van der Waals surface area (Å²) in [7, 11) is 0. The van der Waals surface area contributed by atoms with Crippen molar-refractivity contribution in [2.24, 2.45) is 11.3 Å². The zero-order valence-electron chi connectivity index (χ0n) is 11.2. The van der Waals surface area contributed by atoms with Gasteiger partial charge in [0, 0.05) is 6.20 Å². The third-order valence-electron chi connectivity index (χ3n) is 4.28. The maximum atomic E-state index is 13.2. The smallest absolute Gasteiger partial charge is 0.309 e. The molecule has 0 saturated heterocycles. The molecule has 1 aromatic heterocycles. The molecule has 0 radical (unpaired) electrons. The highest BCUT2D eigenvalue weighted by Crippen LogP contribution is 2.43. The number of rotatable bonds is 4. The molecular weight excluding hydrogens is 245 g/mol. The van der Waals surface area contributed by atoms with Crippen molar-refractivity contribution in [2.45, 2.75) is 45.4 Å². The van der Waals surface area contributed by atoms with E-state index in [-0.39, 0.29) is 0 Å². The number of aliphatic carboxylic acids is 1. The van der Waals surface area contributed by atoms with Gasteiger partial charge in [-0.15, -0.1) is 0 Å². The summed E-state index contributed by atoms with van der Waals surface area (Å²) in [6.45, 7) is 2.10. The highest BCUT2D eigenvalue weighted by atomic mass is 19.1. The molecule has 0 spiro atoms. The van der Waals surface area contributed by atoms with Crippen molar-refractivity contribution in [1.82, 2.24) is 4.98 Å². The fraction of sp³-hybridized carbons (Fsp3) is 0.600. The van der Waals surface area contributed by atoms with Crippen LogP contribution < -0.4 is 0 Å². The second-order valence-corrected chi connectivity index (χ2v) is 5.64. The van der Waals surface area contributed by atoms with Crippen LogP contribution in [0.5, 0.6) is 0 Å². The van der Waals surface area contributed by atoms with Gasteiger partial charge >= 0.3 is 5.97 Å². The molecule has 0 aliphatic heterocycles. The number of carbonyl (C=O) groups is 1. The summed E-state index contributed by atoms with van der Waals surface area (Å²) in [6, 6.07) is 1.40. The van der Waals surface area contributed by atoms with E-state index in [0.717, 1.165) is 25.5 Å². The molecule has 1 fully saturated rings. The first-order valence-electron chi connectivity index (χ1n) is 6.88. The SMILES string of the molecule is CCC1CCCC(Cc2cncc(F)c2)(C(=O)O)C1. The minimum absolute atomic E-state index is 0.379. The summed E-state index contributed by atoms with van der Waals surface area (Å²) in [4.78, 5) is 15.5. The van der Waals surface area contributed by atoms with Crippen molar-refractivity contribution >= 4 is 5.97 Å². The van der Waals surface area contributed by atoms with Gasteiger partial charge in [-0.3, -0.25) is 9.78 Å². The number of hydrogen-bond donors (Lipinski definition) is 1. The van der Waals surface area contributed by atoms with Crippen LogP contribution in [0.15, 0.2) is 18.5 Å². The molecule has 4 heteroatoms. The lowest BCUT2D eigenvalue weighted by Gasteiger charge is -2.37. The molecule has 0 aromatic carbocycles. The molecule has 1 N–H and O–H groups in total. The normalized spacial score (nSPS) is 27.2. The highest BCUT2D eigenvalue weighted by Gasteiger charge is 2.42. The first-order valence-corrected chi connectivity index (χ1v) is 6.88. The molecule has 2 unspecified atom stereocenters. The first-order chi connectivity index (χ1) is 9.05. The highest BCUT2D eigenvalue weighted by molar-refractivity contribution is 5.75. The van der Waals surface area contributed by atoms with Crippen LogP contribution in [-0.2, 0) is 11.2 Å². The number of carboxylic acid groups (broad SMARTS) is 1. The Kier molecular flexibility index (Phi) is 4.17. The third kappa shape index (κ3) is 3.11. The third-order valence-corrected chi connectivity index (χ3v) is 4.28. The van der Waals surface area contributed by atoms with Gasteiger partial charge in [0.2, 0.25) is 0 Å². The van der Waals surface area contributed by atoms with E-state index in [0.29, 0.717) is 30.7 Å². The van der Waals surface area contributed by atoms with Crippen molar-refractivity contribution in [1.29, 1.82) is 0 Å². The van der Waals surface area contributed by atoms with E-state index < -0.39 is 17.2 Å². The lowest BCUT2D eigenvalue weighted by Crippen LogP contribution is -2.38. The fourth-order valence-electron chi connectivity index (χ4n) is 3.21. The Morgan fingerprint density at radius 3 is 3.00 bits per heavy atom. The zero-order chi connectivity index (χ0) is 13.9. The second-order valence-electron chi connectivity index (χ2n) is 5.64. The van der Waals surface area contributed by atoms with Crippen LogP contribution in [0.4, 0.5) is 4.39 Å². The maximum Gasteiger partial charge on any atom is 0.309 e. The molecule has 0 bridgehead atoms. The summed E-state index contributed by atoms with van der Waals surface area (Å²) in [5.41, 5.74) is -0.0619. The van der Waals surface area contributed by atoms with E-state index >= 15 is 0 Å². The van der Waals surface area contributed by atoms with Crippen molar-refractivity contribution in [3.8, 4) is 0 Å². The number of aromatic nitrogens is 1. The van der Waals surface area contributed by atoms with Crippen LogP contribution in [0.1, 0.15) is 44.6 Å². The average molecular weight is 265 g/mol. The summed E-state index contributed by atoms with van der Waals surface area (Å²) in [5, 5.41) is 9.62. The quantitative estimate of drug-likeness (QED) is 0.907. The Morgan fingerprint density at radius 2 is 2.37 bits per heavy atom. The van der Waals surface area contributed by atoms with Crippen LogP contribution in [-0.4, -0.2) is 16.1 Å². The summed E-state index contributed by atoms with van der Waals surface area (Å²) in [6.07, 6.45) is 7.52. The van der Waals surface area contributed by atoms with E-state index in [1.165, 1.54) is 6.07 Å². The Labute approximate surface area is 112 Å². The lowest BCUT2D eigenvalue weighted by molar-refractivity contribution is -0.152. The van der Waals surface area contributed by atoms with Gasteiger partial charge in [-0.2, -0.15) is 0 Å². The van der Waals surface area contributed by atoms with E-state index in [1.54, 1.807) is 6.20 Å². The van der Waals surface area contributed by atoms with Gasteiger partial charge < -0.3 is 5.11 Å². The molecule has 1 saturated carbocycles. The molecule has 1 aliphatic carbocycles. The topological polar surface area (TPSA) is 50.2 Å². The van der Waals surface area contributed by atoms with Gasteiger partial charge in [0.05, 0.1) is 11.6 Å². The van der Waals surface area contributed by atoms with E-state index in [9.17, 15) is 14.3 Å². The molecular formula is C15H20FNO2. The fourth-order valence-corrected chi connectivity index (χ4v) is 3.21. The molecule has 1 heterocycles. The van der Waals surface area contributed by atoms with Crippen LogP contribution in [0, 0.1) is 17.2 Å². The summed E-state index contributed by atoms with van der Waals surface area (Å²) in [5.74, 6) is -0.692. The largest absolute Gasteiger partial charge is 0.481 e. The van der Waals surface area contributed by atoms with E-state index in [2.05, 4.69) is 11.9 Å². The Balaban J connectivity index is 2.22. The average Bonchev–Trinajstić information content (AvgIpc) is 2.38. The monoisotopic (exact) mass is 265 g/mol.